The van der Waals surface area contributed by atoms with Crippen LogP contribution in [0.5, 0.6) is 0 Å². The molecule has 2 heteroatoms. The van der Waals surface area contributed by atoms with Gasteiger partial charge < -0.3 is 9.80 Å². The summed E-state index contributed by atoms with van der Waals surface area (Å²) < 4.78 is 1.14. The molecule has 6 atom stereocenters. The third kappa shape index (κ3) is 5.96. The Balaban J connectivity index is 2.50. The molecule has 0 aromatic carbocycles. The second kappa shape index (κ2) is 8.95. The lowest BCUT2D eigenvalue weighted by molar-refractivity contribution is -0.915. The normalized spacial score (nSPS) is 28.5. The van der Waals surface area contributed by atoms with E-state index in [-0.39, 0.29) is 5.54 Å². The van der Waals surface area contributed by atoms with Crippen LogP contribution in [0.2, 0.25) is 0 Å². The van der Waals surface area contributed by atoms with E-state index in [9.17, 15) is 0 Å². The van der Waals surface area contributed by atoms with E-state index in [1.807, 2.05) is 0 Å². The molecule has 0 spiro atoms. The van der Waals surface area contributed by atoms with Crippen LogP contribution in [0.25, 0.3) is 0 Å². The highest BCUT2D eigenvalue weighted by molar-refractivity contribution is 5.08. The van der Waals surface area contributed by atoms with Crippen molar-refractivity contribution in [3.05, 3.63) is 0 Å². The van der Waals surface area contributed by atoms with Gasteiger partial charge in [0, 0.05) is 17.0 Å². The Labute approximate surface area is 166 Å². The first kappa shape index (κ1) is 24.0. The summed E-state index contributed by atoms with van der Waals surface area (Å²) in [6, 6.07) is 0.733. The van der Waals surface area contributed by atoms with Crippen molar-refractivity contribution in [3.8, 4) is 0 Å². The first-order valence-corrected chi connectivity index (χ1v) is 11.4. The van der Waals surface area contributed by atoms with Gasteiger partial charge in [0.25, 0.3) is 0 Å². The molecular weight excluding hydrogens is 316 g/mol. The highest BCUT2D eigenvalue weighted by Crippen LogP contribution is 2.45. The lowest BCUT2D eigenvalue weighted by Crippen LogP contribution is -2.51. The van der Waals surface area contributed by atoms with E-state index in [1.165, 1.54) is 38.6 Å². The van der Waals surface area contributed by atoms with Crippen LogP contribution in [0, 0.1) is 23.7 Å². The fraction of sp³-hybridized carbons (Fsp3) is 1.00. The van der Waals surface area contributed by atoms with E-state index in [0.29, 0.717) is 5.54 Å². The molecule has 0 bridgehead atoms. The number of hydrogen-bond donors (Lipinski definition) is 1. The smallest absolute Gasteiger partial charge is 0.0886 e. The molecule has 1 N–H and O–H groups in total. The third-order valence-corrected chi connectivity index (χ3v) is 8.66. The summed E-state index contributed by atoms with van der Waals surface area (Å²) >= 11 is 0. The zero-order valence-corrected chi connectivity index (χ0v) is 20.1. The van der Waals surface area contributed by atoms with Crippen LogP contribution >= 0.6 is 0 Å². The molecule has 0 aromatic rings. The molecule has 3 unspecified atom stereocenters. The van der Waals surface area contributed by atoms with Gasteiger partial charge in [-0.25, -0.2) is 0 Å². The predicted octanol–water partition coefficient (Wildman–Crippen LogP) is 6.11. The van der Waals surface area contributed by atoms with Crippen LogP contribution in [0.3, 0.4) is 0 Å². The average molecular weight is 368 g/mol. The maximum atomic E-state index is 3.97. The van der Waals surface area contributed by atoms with Gasteiger partial charge in [-0.05, 0) is 71.6 Å². The second-order valence-corrected chi connectivity index (χ2v) is 11.1. The quantitative estimate of drug-likeness (QED) is 0.410. The SMILES string of the molecule is CC[C@@H](CCCC(C)C(C)(C)N[C@]1(C)CC1C)[C@H](C)C(C)[N+](C)(C)CC. The molecule has 0 saturated heterocycles. The zero-order chi connectivity index (χ0) is 20.3. The van der Waals surface area contributed by atoms with E-state index >= 15 is 0 Å². The summed E-state index contributed by atoms with van der Waals surface area (Å²) in [5.41, 5.74) is 0.624. The van der Waals surface area contributed by atoms with E-state index in [0.717, 1.165) is 34.2 Å². The highest BCUT2D eigenvalue weighted by atomic mass is 15.3. The van der Waals surface area contributed by atoms with Crippen molar-refractivity contribution in [3.63, 3.8) is 0 Å². The van der Waals surface area contributed by atoms with Crippen LogP contribution in [-0.2, 0) is 0 Å². The summed E-state index contributed by atoms with van der Waals surface area (Å²) in [6.07, 6.45) is 6.75. The van der Waals surface area contributed by atoms with Crippen molar-refractivity contribution in [2.75, 3.05) is 20.6 Å². The number of nitrogens with one attached hydrogen (secondary N) is 1. The minimum Gasteiger partial charge on any atom is -0.326 e. The van der Waals surface area contributed by atoms with Crippen molar-refractivity contribution in [1.29, 1.82) is 0 Å². The summed E-state index contributed by atoms with van der Waals surface area (Å²) in [4.78, 5) is 0. The Hall–Kier alpha value is -0.0800. The molecule has 2 nitrogen and oxygen atoms in total. The number of quaternary nitrogens is 1. The van der Waals surface area contributed by atoms with E-state index in [1.54, 1.807) is 0 Å². The minimum atomic E-state index is 0.237. The fourth-order valence-electron chi connectivity index (χ4n) is 4.81. The van der Waals surface area contributed by atoms with Gasteiger partial charge in [0.2, 0.25) is 0 Å². The monoisotopic (exact) mass is 367 g/mol. The summed E-state index contributed by atoms with van der Waals surface area (Å²) in [5.74, 6) is 3.21. The largest absolute Gasteiger partial charge is 0.326 e. The zero-order valence-electron chi connectivity index (χ0n) is 20.1. The molecule has 1 aliphatic carbocycles. The van der Waals surface area contributed by atoms with Crippen LogP contribution in [0.4, 0.5) is 0 Å². The number of nitrogens with zero attached hydrogens (tertiary/aromatic N) is 1. The van der Waals surface area contributed by atoms with Gasteiger partial charge in [-0.2, -0.15) is 0 Å². The van der Waals surface area contributed by atoms with Gasteiger partial charge in [-0.1, -0.05) is 40.5 Å². The predicted molar refractivity (Wildman–Crippen MR) is 117 cm³/mol. The van der Waals surface area contributed by atoms with Crippen LogP contribution in [-0.4, -0.2) is 42.2 Å². The standard InChI is InChI=1S/C24H51N2/c1-12-22(20(5)21(6)26(10,11)13-2)16-14-15-18(3)23(7,8)25-24(9)17-19(24)4/h18-22,25H,12-17H2,1-11H3/q+1/t18?,19?,20-,21?,22+,24-/m1/s1. The highest BCUT2D eigenvalue weighted by Gasteiger charge is 2.49. The van der Waals surface area contributed by atoms with Crippen molar-refractivity contribution in [2.45, 2.75) is 112 Å². The Morgan fingerprint density at radius 2 is 1.65 bits per heavy atom. The topological polar surface area (TPSA) is 12.0 Å². The first-order valence-electron chi connectivity index (χ1n) is 11.4. The van der Waals surface area contributed by atoms with E-state index < -0.39 is 0 Å². The summed E-state index contributed by atoms with van der Waals surface area (Å²) in [5, 5.41) is 3.97. The van der Waals surface area contributed by atoms with Crippen LogP contribution < -0.4 is 5.32 Å². The van der Waals surface area contributed by atoms with Crippen molar-refractivity contribution in [2.24, 2.45) is 23.7 Å². The Kier molecular flexibility index (Phi) is 8.24. The molecule has 0 aromatic heterocycles. The third-order valence-electron chi connectivity index (χ3n) is 8.66. The fourth-order valence-corrected chi connectivity index (χ4v) is 4.81. The summed E-state index contributed by atoms with van der Waals surface area (Å²) in [7, 11) is 4.78. The molecule has 0 radical (unpaired) electrons. The van der Waals surface area contributed by atoms with Gasteiger partial charge >= 0.3 is 0 Å². The molecule has 1 rings (SSSR count). The summed E-state index contributed by atoms with van der Waals surface area (Å²) in [6.45, 7) is 22.9. The first-order chi connectivity index (χ1) is 11.8. The molecule has 1 aliphatic rings. The lowest BCUT2D eigenvalue weighted by atomic mass is 9.79. The van der Waals surface area contributed by atoms with Gasteiger partial charge in [-0.15, -0.1) is 0 Å². The van der Waals surface area contributed by atoms with Crippen molar-refractivity contribution < 1.29 is 4.48 Å². The van der Waals surface area contributed by atoms with E-state index in [4.69, 9.17) is 0 Å². The number of rotatable bonds is 12. The maximum absolute atomic E-state index is 3.97. The number of hydrogen-bond acceptors (Lipinski definition) is 1. The van der Waals surface area contributed by atoms with Gasteiger partial charge in [0.15, 0.2) is 0 Å². The average Bonchev–Trinajstić information content (AvgIpc) is 3.14. The maximum Gasteiger partial charge on any atom is 0.0886 e. The molecule has 1 saturated carbocycles. The minimum absolute atomic E-state index is 0.237. The molecular formula is C24H51N2+. The molecule has 0 amide bonds. The molecule has 156 valence electrons. The van der Waals surface area contributed by atoms with Crippen molar-refractivity contribution >= 4 is 0 Å². The van der Waals surface area contributed by atoms with Crippen LogP contribution in [0.15, 0.2) is 0 Å². The molecule has 26 heavy (non-hydrogen) atoms. The second-order valence-electron chi connectivity index (χ2n) is 11.1. The van der Waals surface area contributed by atoms with Gasteiger partial charge in [-0.3, -0.25) is 0 Å². The van der Waals surface area contributed by atoms with E-state index in [2.05, 4.69) is 81.7 Å². The Morgan fingerprint density at radius 1 is 1.12 bits per heavy atom. The van der Waals surface area contributed by atoms with Gasteiger partial charge in [0.05, 0.1) is 26.7 Å². The van der Waals surface area contributed by atoms with Crippen LogP contribution in [0.1, 0.15) is 94.4 Å². The Morgan fingerprint density at radius 3 is 2.08 bits per heavy atom. The van der Waals surface area contributed by atoms with Crippen molar-refractivity contribution in [1.82, 2.24) is 5.32 Å². The molecule has 1 fully saturated rings. The van der Waals surface area contributed by atoms with Gasteiger partial charge in [0.1, 0.15) is 0 Å². The molecule has 0 heterocycles. The lowest BCUT2D eigenvalue weighted by Gasteiger charge is -2.41. The Bertz CT molecular complexity index is 428. The molecule has 0 aliphatic heterocycles.